The van der Waals surface area contributed by atoms with E-state index in [1.807, 2.05) is 13.0 Å². The molecule has 3 heterocycles. The van der Waals surface area contributed by atoms with Crippen LogP contribution in [-0.2, 0) is 16.6 Å². The van der Waals surface area contributed by atoms with Crippen molar-refractivity contribution < 1.29 is 8.42 Å². The zero-order valence-electron chi connectivity index (χ0n) is 12.4. The van der Waals surface area contributed by atoms with Crippen LogP contribution < -0.4 is 5.32 Å². The van der Waals surface area contributed by atoms with Gasteiger partial charge in [-0.15, -0.1) is 11.3 Å². The number of piperazine rings is 1. The van der Waals surface area contributed by atoms with E-state index in [0.29, 0.717) is 23.3 Å². The number of nitrogens with zero attached hydrogens (tertiary/aromatic N) is 2. The first-order chi connectivity index (χ1) is 10.1. The molecule has 1 aromatic heterocycles. The highest BCUT2D eigenvalue weighted by Gasteiger charge is 2.36. The topological polar surface area (TPSA) is 52.7 Å². The Labute approximate surface area is 131 Å². The lowest BCUT2D eigenvalue weighted by molar-refractivity contribution is 0.158. The second kappa shape index (κ2) is 6.34. The molecule has 2 aliphatic rings. The lowest BCUT2D eigenvalue weighted by Crippen LogP contribution is -2.51. The minimum Gasteiger partial charge on any atom is -0.312 e. The van der Waals surface area contributed by atoms with Gasteiger partial charge in [0.25, 0.3) is 10.0 Å². The van der Waals surface area contributed by atoms with Crippen molar-refractivity contribution in [2.45, 2.75) is 36.6 Å². The maximum Gasteiger partial charge on any atom is 0.252 e. The Bertz CT molecular complexity index is 585. The van der Waals surface area contributed by atoms with Crippen LogP contribution in [0.1, 0.15) is 24.6 Å². The number of fused-ring (bicyclic) bond motifs is 1. The molecule has 21 heavy (non-hydrogen) atoms. The number of thiophene rings is 1. The highest BCUT2D eigenvalue weighted by molar-refractivity contribution is 7.91. The maximum absolute atomic E-state index is 12.8. The summed E-state index contributed by atoms with van der Waals surface area (Å²) in [5.74, 6) is 0. The molecule has 2 saturated heterocycles. The Kier molecular flexibility index (Phi) is 4.66. The summed E-state index contributed by atoms with van der Waals surface area (Å²) >= 11 is 1.39. The van der Waals surface area contributed by atoms with Gasteiger partial charge in [-0.1, -0.05) is 6.92 Å². The summed E-state index contributed by atoms with van der Waals surface area (Å²) in [5.41, 5.74) is 0. The Morgan fingerprint density at radius 1 is 1.33 bits per heavy atom. The average molecular weight is 329 g/mol. The zero-order valence-corrected chi connectivity index (χ0v) is 14.0. The van der Waals surface area contributed by atoms with Crippen LogP contribution in [0.2, 0.25) is 0 Å². The van der Waals surface area contributed by atoms with E-state index in [0.717, 1.165) is 37.5 Å². The summed E-state index contributed by atoms with van der Waals surface area (Å²) in [6, 6.07) is 4.11. The van der Waals surface area contributed by atoms with Crippen LogP contribution in [0.25, 0.3) is 0 Å². The Hall–Kier alpha value is -0.470. The molecule has 2 aliphatic heterocycles. The largest absolute Gasteiger partial charge is 0.312 e. The average Bonchev–Trinajstić information content (AvgIpc) is 3.13. The molecule has 7 heteroatoms. The first-order valence-corrected chi connectivity index (χ1v) is 9.90. The second-order valence-corrected chi connectivity index (χ2v) is 9.03. The first-order valence-electron chi connectivity index (χ1n) is 7.65. The Morgan fingerprint density at radius 3 is 3.00 bits per heavy atom. The van der Waals surface area contributed by atoms with E-state index in [2.05, 4.69) is 10.2 Å². The number of rotatable bonds is 5. The normalized spacial score (nSPS) is 24.3. The molecule has 1 aromatic rings. The third-order valence-corrected chi connectivity index (χ3v) is 7.75. The smallest absolute Gasteiger partial charge is 0.252 e. The third kappa shape index (κ3) is 3.17. The van der Waals surface area contributed by atoms with Gasteiger partial charge in [0.15, 0.2) is 0 Å². The monoisotopic (exact) mass is 329 g/mol. The fraction of sp³-hybridized carbons (Fsp3) is 0.714. The van der Waals surface area contributed by atoms with Gasteiger partial charge in [-0.25, -0.2) is 8.42 Å². The van der Waals surface area contributed by atoms with Gasteiger partial charge in [-0.3, -0.25) is 4.90 Å². The molecule has 5 nitrogen and oxygen atoms in total. The predicted molar refractivity (Wildman–Crippen MR) is 85.1 cm³/mol. The van der Waals surface area contributed by atoms with Gasteiger partial charge in [0, 0.05) is 37.1 Å². The van der Waals surface area contributed by atoms with Gasteiger partial charge < -0.3 is 5.32 Å². The van der Waals surface area contributed by atoms with Gasteiger partial charge in [0.05, 0.1) is 0 Å². The Balaban J connectivity index is 1.72. The highest BCUT2D eigenvalue weighted by Crippen LogP contribution is 2.29. The summed E-state index contributed by atoms with van der Waals surface area (Å²) in [5, 5.41) is 3.23. The maximum atomic E-state index is 12.8. The highest BCUT2D eigenvalue weighted by atomic mass is 32.2. The van der Waals surface area contributed by atoms with Crippen molar-refractivity contribution in [1.29, 1.82) is 0 Å². The van der Waals surface area contributed by atoms with Gasteiger partial charge in [-0.05, 0) is 38.1 Å². The molecule has 0 aliphatic carbocycles. The van der Waals surface area contributed by atoms with Crippen molar-refractivity contribution >= 4 is 21.4 Å². The quantitative estimate of drug-likeness (QED) is 0.885. The molecule has 0 saturated carbocycles. The van der Waals surface area contributed by atoms with Gasteiger partial charge in [0.2, 0.25) is 0 Å². The Morgan fingerprint density at radius 2 is 2.19 bits per heavy atom. The van der Waals surface area contributed by atoms with Gasteiger partial charge >= 0.3 is 0 Å². The fourth-order valence-corrected chi connectivity index (χ4v) is 6.10. The molecule has 0 aromatic carbocycles. The van der Waals surface area contributed by atoms with E-state index in [1.54, 1.807) is 10.4 Å². The summed E-state index contributed by atoms with van der Waals surface area (Å²) in [7, 11) is -3.31. The van der Waals surface area contributed by atoms with Crippen LogP contribution in [0.4, 0.5) is 0 Å². The standard InChI is InChI=1S/C14H23N3O2S2/c1-2-15-10-13-5-6-14(20-13)21(18,19)17-9-8-16-7-3-4-12(16)11-17/h5-6,12,15H,2-4,7-11H2,1H3. The molecule has 118 valence electrons. The number of sulfonamides is 1. The molecule has 1 N–H and O–H groups in total. The van der Waals surface area contributed by atoms with E-state index in [4.69, 9.17) is 0 Å². The van der Waals surface area contributed by atoms with E-state index in [9.17, 15) is 8.42 Å². The zero-order chi connectivity index (χ0) is 14.9. The van der Waals surface area contributed by atoms with Crippen molar-refractivity contribution in [3.8, 4) is 0 Å². The number of hydrogen-bond donors (Lipinski definition) is 1. The SMILES string of the molecule is CCNCc1ccc(S(=O)(=O)N2CCN3CCCC3C2)s1. The third-order valence-electron chi connectivity index (χ3n) is 4.33. The molecular weight excluding hydrogens is 306 g/mol. The molecule has 0 amide bonds. The predicted octanol–water partition coefficient (Wildman–Crippen LogP) is 1.33. The van der Waals surface area contributed by atoms with Crippen molar-refractivity contribution in [3.63, 3.8) is 0 Å². The summed E-state index contributed by atoms with van der Waals surface area (Å²) in [6.45, 7) is 6.97. The molecule has 1 unspecified atom stereocenters. The van der Waals surface area contributed by atoms with Crippen LogP contribution in [0.15, 0.2) is 16.3 Å². The van der Waals surface area contributed by atoms with Crippen molar-refractivity contribution in [2.24, 2.45) is 0 Å². The van der Waals surface area contributed by atoms with Crippen LogP contribution in [0, 0.1) is 0 Å². The van der Waals surface area contributed by atoms with Gasteiger partial charge in [0.1, 0.15) is 4.21 Å². The fourth-order valence-electron chi connectivity index (χ4n) is 3.15. The first kappa shape index (κ1) is 15.4. The molecule has 3 rings (SSSR count). The van der Waals surface area contributed by atoms with E-state index in [1.165, 1.54) is 17.8 Å². The molecule has 2 fully saturated rings. The molecular formula is C14H23N3O2S2. The van der Waals surface area contributed by atoms with Gasteiger partial charge in [-0.2, -0.15) is 4.31 Å². The van der Waals surface area contributed by atoms with Crippen LogP contribution in [0.5, 0.6) is 0 Å². The summed E-state index contributed by atoms with van der Waals surface area (Å²) in [4.78, 5) is 3.51. The summed E-state index contributed by atoms with van der Waals surface area (Å²) in [6.07, 6.45) is 2.33. The van der Waals surface area contributed by atoms with Crippen molar-refractivity contribution in [3.05, 3.63) is 17.0 Å². The molecule has 0 radical (unpaired) electrons. The minimum absolute atomic E-state index is 0.426. The van der Waals surface area contributed by atoms with E-state index >= 15 is 0 Å². The van der Waals surface area contributed by atoms with E-state index in [-0.39, 0.29) is 0 Å². The van der Waals surface area contributed by atoms with Crippen molar-refractivity contribution in [1.82, 2.24) is 14.5 Å². The van der Waals surface area contributed by atoms with Crippen LogP contribution in [-0.4, -0.2) is 56.4 Å². The summed E-state index contributed by atoms with van der Waals surface area (Å²) < 4.78 is 27.7. The lowest BCUT2D eigenvalue weighted by Gasteiger charge is -2.36. The second-order valence-electron chi connectivity index (χ2n) is 5.70. The number of nitrogens with one attached hydrogen (secondary N) is 1. The van der Waals surface area contributed by atoms with Crippen LogP contribution >= 0.6 is 11.3 Å². The minimum atomic E-state index is -3.31. The number of hydrogen-bond acceptors (Lipinski definition) is 5. The molecule has 0 spiro atoms. The van der Waals surface area contributed by atoms with E-state index < -0.39 is 10.0 Å². The lowest BCUT2D eigenvalue weighted by atomic mass is 10.2. The van der Waals surface area contributed by atoms with Crippen molar-refractivity contribution in [2.75, 3.05) is 32.7 Å². The molecule has 0 bridgehead atoms. The molecule has 1 atom stereocenters. The van der Waals surface area contributed by atoms with Crippen LogP contribution in [0.3, 0.4) is 0 Å².